The number of piperazine rings is 1. The number of halogens is 1. The van der Waals surface area contributed by atoms with Crippen molar-refractivity contribution >= 4 is 28.4 Å². The van der Waals surface area contributed by atoms with Gasteiger partial charge in [0, 0.05) is 37.3 Å². The molecule has 6 nitrogen and oxygen atoms in total. The quantitative estimate of drug-likeness (QED) is 0.742. The Morgan fingerprint density at radius 3 is 2.55 bits per heavy atom. The number of amides is 2. The molecule has 3 aromatic rings. The zero-order chi connectivity index (χ0) is 20.2. The molecule has 0 unspecified atom stereocenters. The first-order valence-electron chi connectivity index (χ1n) is 9.51. The minimum absolute atomic E-state index is 0.0976. The van der Waals surface area contributed by atoms with Crippen LogP contribution in [-0.4, -0.2) is 59.3 Å². The minimum atomic E-state index is -0.391. The number of nitrogens with zero attached hydrogens (tertiary/aromatic N) is 3. The number of hydrogen-bond acceptors (Lipinski definition) is 4. The normalized spacial score (nSPS) is 14.7. The molecule has 0 radical (unpaired) electrons. The molecule has 1 aliphatic heterocycles. The molecule has 4 rings (SSSR count). The predicted octanol–water partition coefficient (Wildman–Crippen LogP) is 2.77. The van der Waals surface area contributed by atoms with E-state index in [1.807, 2.05) is 35.2 Å². The maximum Gasteiger partial charge on any atom is 0.272 e. The van der Waals surface area contributed by atoms with Crippen LogP contribution in [0.25, 0.3) is 10.9 Å². The van der Waals surface area contributed by atoms with Crippen molar-refractivity contribution in [1.82, 2.24) is 14.8 Å². The van der Waals surface area contributed by atoms with Crippen LogP contribution in [0.4, 0.5) is 10.1 Å². The van der Waals surface area contributed by atoms with E-state index in [9.17, 15) is 14.0 Å². The van der Waals surface area contributed by atoms with E-state index in [4.69, 9.17) is 0 Å². The van der Waals surface area contributed by atoms with E-state index in [0.717, 1.165) is 10.9 Å². The van der Waals surface area contributed by atoms with Gasteiger partial charge in [-0.1, -0.05) is 30.3 Å². The van der Waals surface area contributed by atoms with Crippen molar-refractivity contribution in [3.05, 3.63) is 72.2 Å². The Hall–Kier alpha value is -3.32. The number of carbonyl (C=O) groups excluding carboxylic acids is 2. The molecular weight excluding hydrogens is 371 g/mol. The van der Waals surface area contributed by atoms with Crippen molar-refractivity contribution in [3.8, 4) is 0 Å². The first-order chi connectivity index (χ1) is 14.1. The average Bonchev–Trinajstić information content (AvgIpc) is 2.73. The summed E-state index contributed by atoms with van der Waals surface area (Å²) in [6.07, 6.45) is 0. The van der Waals surface area contributed by atoms with Gasteiger partial charge >= 0.3 is 0 Å². The fourth-order valence-electron chi connectivity index (χ4n) is 3.43. The number of aromatic nitrogens is 1. The van der Waals surface area contributed by atoms with Crippen LogP contribution < -0.4 is 5.32 Å². The Labute approximate surface area is 167 Å². The summed E-state index contributed by atoms with van der Waals surface area (Å²) >= 11 is 0. The fraction of sp³-hybridized carbons (Fsp3) is 0.227. The largest absolute Gasteiger partial charge is 0.335 e. The van der Waals surface area contributed by atoms with Gasteiger partial charge in [0.25, 0.3) is 5.91 Å². The second kappa shape index (κ2) is 8.36. The van der Waals surface area contributed by atoms with Crippen LogP contribution >= 0.6 is 0 Å². The number of carbonyl (C=O) groups is 2. The van der Waals surface area contributed by atoms with E-state index >= 15 is 0 Å². The van der Waals surface area contributed by atoms with Crippen LogP contribution in [0.1, 0.15) is 10.5 Å². The molecule has 0 bridgehead atoms. The van der Waals surface area contributed by atoms with Crippen LogP contribution in [0.3, 0.4) is 0 Å². The molecule has 1 N–H and O–H groups in total. The highest BCUT2D eigenvalue weighted by molar-refractivity contribution is 5.95. The molecule has 1 aromatic heterocycles. The number of hydrogen-bond donors (Lipinski definition) is 1. The van der Waals surface area contributed by atoms with E-state index in [1.165, 1.54) is 12.1 Å². The highest BCUT2D eigenvalue weighted by Gasteiger charge is 2.24. The lowest BCUT2D eigenvalue weighted by Gasteiger charge is -2.34. The monoisotopic (exact) mass is 392 g/mol. The molecule has 2 heterocycles. The van der Waals surface area contributed by atoms with Crippen LogP contribution in [0.5, 0.6) is 0 Å². The summed E-state index contributed by atoms with van der Waals surface area (Å²) in [4.78, 5) is 33.2. The molecule has 2 amide bonds. The second-order valence-corrected chi connectivity index (χ2v) is 7.02. The maximum atomic E-state index is 13.2. The van der Waals surface area contributed by atoms with E-state index in [2.05, 4.69) is 10.3 Å². The van der Waals surface area contributed by atoms with Crippen LogP contribution in [-0.2, 0) is 4.79 Å². The molecule has 0 saturated carbocycles. The molecule has 1 aliphatic rings. The smallest absolute Gasteiger partial charge is 0.272 e. The Kier molecular flexibility index (Phi) is 5.48. The number of fused-ring (bicyclic) bond motifs is 1. The Morgan fingerprint density at radius 1 is 0.966 bits per heavy atom. The molecule has 7 heteroatoms. The number of para-hydroxylation sites is 1. The van der Waals surface area contributed by atoms with E-state index < -0.39 is 5.82 Å². The number of pyridine rings is 1. The van der Waals surface area contributed by atoms with Crippen molar-refractivity contribution in [1.29, 1.82) is 0 Å². The van der Waals surface area contributed by atoms with Gasteiger partial charge in [0.2, 0.25) is 5.91 Å². The van der Waals surface area contributed by atoms with E-state index in [0.29, 0.717) is 37.6 Å². The average molecular weight is 392 g/mol. The third-order valence-corrected chi connectivity index (χ3v) is 4.95. The van der Waals surface area contributed by atoms with Gasteiger partial charge in [-0.3, -0.25) is 14.5 Å². The fourth-order valence-corrected chi connectivity index (χ4v) is 3.43. The first-order valence-corrected chi connectivity index (χ1v) is 9.51. The van der Waals surface area contributed by atoms with Crippen molar-refractivity contribution < 1.29 is 14.0 Å². The van der Waals surface area contributed by atoms with Gasteiger partial charge in [-0.2, -0.15) is 0 Å². The summed E-state index contributed by atoms with van der Waals surface area (Å²) in [6.45, 7) is 2.44. The summed E-state index contributed by atoms with van der Waals surface area (Å²) in [5.74, 6) is -0.691. The van der Waals surface area contributed by atoms with E-state index in [-0.39, 0.29) is 18.4 Å². The minimum Gasteiger partial charge on any atom is -0.335 e. The van der Waals surface area contributed by atoms with Gasteiger partial charge < -0.3 is 10.2 Å². The lowest BCUT2D eigenvalue weighted by Crippen LogP contribution is -2.50. The SMILES string of the molecule is O=C(CN1CCN(C(=O)c2ccc3ccccc3n2)CC1)Nc1cccc(F)c1. The highest BCUT2D eigenvalue weighted by atomic mass is 19.1. The van der Waals surface area contributed by atoms with Crippen molar-refractivity contribution in [3.63, 3.8) is 0 Å². The molecule has 148 valence electrons. The zero-order valence-corrected chi connectivity index (χ0v) is 15.8. The molecule has 0 atom stereocenters. The number of nitrogens with one attached hydrogen (secondary N) is 1. The maximum absolute atomic E-state index is 13.2. The second-order valence-electron chi connectivity index (χ2n) is 7.02. The molecule has 0 aliphatic carbocycles. The van der Waals surface area contributed by atoms with Crippen molar-refractivity contribution in [2.24, 2.45) is 0 Å². The van der Waals surface area contributed by atoms with Gasteiger partial charge in [-0.05, 0) is 30.3 Å². The van der Waals surface area contributed by atoms with Gasteiger partial charge in [0.05, 0.1) is 12.1 Å². The summed E-state index contributed by atoms with van der Waals surface area (Å²) in [6, 6.07) is 17.2. The van der Waals surface area contributed by atoms with Gasteiger partial charge in [-0.15, -0.1) is 0 Å². The zero-order valence-electron chi connectivity index (χ0n) is 15.8. The van der Waals surface area contributed by atoms with Gasteiger partial charge in [0.1, 0.15) is 11.5 Å². The molecule has 1 saturated heterocycles. The Bertz CT molecular complexity index is 1050. The Morgan fingerprint density at radius 2 is 1.76 bits per heavy atom. The van der Waals surface area contributed by atoms with Crippen molar-refractivity contribution in [2.45, 2.75) is 0 Å². The summed E-state index contributed by atoms with van der Waals surface area (Å²) < 4.78 is 13.2. The topological polar surface area (TPSA) is 65.5 Å². The molecule has 29 heavy (non-hydrogen) atoms. The lowest BCUT2D eigenvalue weighted by molar-refractivity contribution is -0.117. The van der Waals surface area contributed by atoms with Gasteiger partial charge in [0.15, 0.2) is 0 Å². The van der Waals surface area contributed by atoms with Crippen LogP contribution in [0.2, 0.25) is 0 Å². The highest BCUT2D eigenvalue weighted by Crippen LogP contribution is 2.14. The van der Waals surface area contributed by atoms with Crippen molar-refractivity contribution in [2.75, 3.05) is 38.0 Å². The summed E-state index contributed by atoms with van der Waals surface area (Å²) in [5, 5.41) is 3.69. The number of anilines is 1. The summed E-state index contributed by atoms with van der Waals surface area (Å²) in [7, 11) is 0. The third-order valence-electron chi connectivity index (χ3n) is 4.95. The summed E-state index contributed by atoms with van der Waals surface area (Å²) in [5.41, 5.74) is 1.66. The lowest BCUT2D eigenvalue weighted by atomic mass is 10.2. The van der Waals surface area contributed by atoms with Crippen LogP contribution in [0, 0.1) is 5.82 Å². The number of benzene rings is 2. The first kappa shape index (κ1) is 19.0. The molecular formula is C22H21FN4O2. The third kappa shape index (κ3) is 4.57. The Balaban J connectivity index is 1.31. The standard InChI is InChI=1S/C22H21FN4O2/c23-17-5-3-6-18(14-17)24-21(28)15-26-10-12-27(13-11-26)22(29)20-9-8-16-4-1-2-7-19(16)25-20/h1-9,14H,10-13,15H2,(H,24,28). The van der Waals surface area contributed by atoms with Crippen LogP contribution in [0.15, 0.2) is 60.7 Å². The number of rotatable bonds is 4. The van der Waals surface area contributed by atoms with E-state index in [1.54, 1.807) is 23.1 Å². The molecule has 0 spiro atoms. The van der Waals surface area contributed by atoms with Gasteiger partial charge in [-0.25, -0.2) is 9.37 Å². The molecule has 2 aromatic carbocycles. The predicted molar refractivity (Wildman–Crippen MR) is 109 cm³/mol. The molecule has 1 fully saturated rings.